The van der Waals surface area contributed by atoms with Crippen molar-refractivity contribution in [2.75, 3.05) is 13.2 Å². The molecule has 132 valence electrons. The quantitative estimate of drug-likeness (QED) is 0.757. The minimum absolute atomic E-state index is 0.269. The Hall–Kier alpha value is -1.73. The number of aromatic nitrogens is 2. The molecule has 2 aliphatic rings. The van der Waals surface area contributed by atoms with Crippen LogP contribution in [0.5, 0.6) is 0 Å². The van der Waals surface area contributed by atoms with Gasteiger partial charge in [0.05, 0.1) is 11.2 Å². The van der Waals surface area contributed by atoms with Gasteiger partial charge in [-0.1, -0.05) is 6.42 Å². The Bertz CT molecular complexity index is 637. The van der Waals surface area contributed by atoms with E-state index in [1.807, 2.05) is 19.3 Å². The minimum Gasteiger partial charge on any atom is -0.387 e. The van der Waals surface area contributed by atoms with Gasteiger partial charge >= 0.3 is 0 Å². The first kappa shape index (κ1) is 17.1. The average Bonchev–Trinajstić information content (AvgIpc) is 2.99. The van der Waals surface area contributed by atoms with Gasteiger partial charge in [-0.25, -0.2) is 9.38 Å². The van der Waals surface area contributed by atoms with Gasteiger partial charge in [0.1, 0.15) is 12.5 Å². The maximum absolute atomic E-state index is 12.5. The molecule has 3 rings (SSSR count). The largest absolute Gasteiger partial charge is 0.387 e. The number of alkyl halides is 1. The molecule has 7 heteroatoms. The maximum atomic E-state index is 12.5. The Morgan fingerprint density at radius 1 is 1.46 bits per heavy atom. The van der Waals surface area contributed by atoms with E-state index in [2.05, 4.69) is 15.4 Å². The Balaban J connectivity index is 1.85. The summed E-state index contributed by atoms with van der Waals surface area (Å²) in [7, 11) is 1.89. The van der Waals surface area contributed by atoms with Crippen molar-refractivity contribution in [2.24, 2.45) is 29.4 Å². The highest BCUT2D eigenvalue weighted by Crippen LogP contribution is 2.42. The minimum atomic E-state index is -0.573. The van der Waals surface area contributed by atoms with Crippen LogP contribution in [-0.2, 0) is 7.05 Å². The summed E-state index contributed by atoms with van der Waals surface area (Å²) < 4.78 is 14.2. The molecule has 1 aromatic rings. The predicted octanol–water partition coefficient (Wildman–Crippen LogP) is 1.34. The second-order valence-corrected chi connectivity index (χ2v) is 6.96. The van der Waals surface area contributed by atoms with Crippen molar-refractivity contribution in [2.45, 2.75) is 43.7 Å². The topological polar surface area (TPSA) is 94.2 Å². The van der Waals surface area contributed by atoms with Crippen molar-refractivity contribution >= 4 is 11.4 Å². The van der Waals surface area contributed by atoms with Crippen LogP contribution < -0.4 is 16.8 Å². The molecule has 6 nitrogen and oxygen atoms in total. The van der Waals surface area contributed by atoms with Gasteiger partial charge in [-0.05, 0) is 31.2 Å². The van der Waals surface area contributed by atoms with E-state index in [0.29, 0.717) is 24.8 Å². The summed E-state index contributed by atoms with van der Waals surface area (Å²) in [4.78, 5) is 4.29. The van der Waals surface area contributed by atoms with Crippen LogP contribution in [0, 0.1) is 5.92 Å². The third-order valence-electron chi connectivity index (χ3n) is 5.25. The standard InChI is InChI=1S/C17H27FN6/c1-24-8-5-15(23-24)14-11-22-16(19)10-17(14,20)12-3-2-4-13(9-12)21-7-6-18/h5,8,11-13,21H,2-4,6-7,9-10,20H2,1H3,(H2,19,22). The predicted molar refractivity (Wildman–Crippen MR) is 94.1 cm³/mol. The van der Waals surface area contributed by atoms with Gasteiger partial charge in [0, 0.05) is 44.0 Å². The number of nitrogens with two attached hydrogens (primary N) is 2. The molecule has 0 spiro atoms. The molecular formula is C17H27FN6. The lowest BCUT2D eigenvalue weighted by molar-refractivity contribution is 0.216. The number of aliphatic imine (C=N–C) groups is 1. The van der Waals surface area contributed by atoms with Crippen LogP contribution in [0.15, 0.2) is 23.5 Å². The van der Waals surface area contributed by atoms with Crippen molar-refractivity contribution in [3.8, 4) is 0 Å². The average molecular weight is 334 g/mol. The van der Waals surface area contributed by atoms with Gasteiger partial charge in [0.15, 0.2) is 0 Å². The highest BCUT2D eigenvalue weighted by atomic mass is 19.1. The van der Waals surface area contributed by atoms with Gasteiger partial charge in [-0.2, -0.15) is 5.10 Å². The fourth-order valence-electron chi connectivity index (χ4n) is 4.04. The molecule has 0 aromatic carbocycles. The monoisotopic (exact) mass is 334 g/mol. The Labute approximate surface area is 142 Å². The third kappa shape index (κ3) is 3.37. The molecule has 0 radical (unpaired) electrons. The van der Waals surface area contributed by atoms with Crippen molar-refractivity contribution in [1.82, 2.24) is 15.1 Å². The number of amidine groups is 1. The number of nitrogens with zero attached hydrogens (tertiary/aromatic N) is 3. The van der Waals surface area contributed by atoms with E-state index in [-0.39, 0.29) is 12.6 Å². The van der Waals surface area contributed by atoms with Crippen LogP contribution in [0.3, 0.4) is 0 Å². The van der Waals surface area contributed by atoms with Gasteiger partial charge < -0.3 is 16.8 Å². The summed E-state index contributed by atoms with van der Waals surface area (Å²) in [6, 6.07) is 2.27. The number of nitrogens with one attached hydrogen (secondary N) is 1. The van der Waals surface area contributed by atoms with Crippen molar-refractivity contribution in [3.05, 3.63) is 24.2 Å². The molecule has 5 N–H and O–H groups in total. The van der Waals surface area contributed by atoms with Crippen LogP contribution in [0.1, 0.15) is 37.8 Å². The van der Waals surface area contributed by atoms with Gasteiger partial charge in [0.2, 0.25) is 0 Å². The second-order valence-electron chi connectivity index (χ2n) is 6.96. The van der Waals surface area contributed by atoms with E-state index in [0.717, 1.165) is 37.0 Å². The van der Waals surface area contributed by atoms with Crippen LogP contribution in [0.2, 0.25) is 0 Å². The second kappa shape index (κ2) is 7.03. The molecule has 3 unspecified atom stereocenters. The normalized spacial score (nSPS) is 30.8. The van der Waals surface area contributed by atoms with Gasteiger partial charge in [-0.15, -0.1) is 0 Å². The molecule has 2 heterocycles. The zero-order chi connectivity index (χ0) is 17.2. The first-order chi connectivity index (χ1) is 11.5. The Kier molecular flexibility index (Phi) is 5.01. The molecule has 1 aliphatic heterocycles. The van der Waals surface area contributed by atoms with Crippen molar-refractivity contribution < 1.29 is 4.39 Å². The summed E-state index contributed by atoms with van der Waals surface area (Å²) in [5.41, 5.74) is 14.2. The Morgan fingerprint density at radius 2 is 2.29 bits per heavy atom. The smallest absolute Gasteiger partial charge is 0.102 e. The first-order valence-electron chi connectivity index (χ1n) is 8.64. The lowest BCUT2D eigenvalue weighted by atomic mass is 9.67. The number of halogens is 1. The summed E-state index contributed by atoms with van der Waals surface area (Å²) >= 11 is 0. The van der Waals surface area contributed by atoms with Gasteiger partial charge in [-0.3, -0.25) is 4.68 Å². The van der Waals surface area contributed by atoms with E-state index in [1.54, 1.807) is 10.9 Å². The summed E-state index contributed by atoms with van der Waals surface area (Å²) in [5, 5.41) is 7.81. The van der Waals surface area contributed by atoms with Crippen LogP contribution in [0.25, 0.3) is 5.57 Å². The third-order valence-corrected chi connectivity index (χ3v) is 5.25. The number of aryl methyl sites for hydroxylation is 1. The molecule has 24 heavy (non-hydrogen) atoms. The molecule has 1 saturated carbocycles. The van der Waals surface area contributed by atoms with E-state index in [9.17, 15) is 4.39 Å². The van der Waals surface area contributed by atoms with E-state index in [4.69, 9.17) is 11.5 Å². The summed E-state index contributed by atoms with van der Waals surface area (Å²) in [5.74, 6) is 0.835. The van der Waals surface area contributed by atoms with Crippen LogP contribution in [-0.4, -0.2) is 40.4 Å². The Morgan fingerprint density at radius 3 is 3.00 bits per heavy atom. The maximum Gasteiger partial charge on any atom is 0.102 e. The fraction of sp³-hybridized carbons (Fsp3) is 0.647. The molecule has 1 aliphatic carbocycles. The highest BCUT2D eigenvalue weighted by molar-refractivity contribution is 5.90. The van der Waals surface area contributed by atoms with Gasteiger partial charge in [0.25, 0.3) is 0 Å². The highest BCUT2D eigenvalue weighted by Gasteiger charge is 2.44. The molecule has 0 bridgehead atoms. The zero-order valence-electron chi connectivity index (χ0n) is 14.2. The number of hydrogen-bond acceptors (Lipinski definition) is 5. The van der Waals surface area contributed by atoms with E-state index >= 15 is 0 Å². The first-order valence-corrected chi connectivity index (χ1v) is 8.64. The fourth-order valence-corrected chi connectivity index (χ4v) is 4.04. The summed E-state index contributed by atoms with van der Waals surface area (Å²) in [6.45, 7) is 0.0646. The lowest BCUT2D eigenvalue weighted by Crippen LogP contribution is -2.54. The molecule has 1 fully saturated rings. The molecule has 1 aromatic heterocycles. The van der Waals surface area contributed by atoms with Crippen LogP contribution in [0.4, 0.5) is 4.39 Å². The van der Waals surface area contributed by atoms with Crippen molar-refractivity contribution in [1.29, 1.82) is 0 Å². The molecular weight excluding hydrogens is 307 g/mol. The number of hydrogen-bond donors (Lipinski definition) is 3. The molecule has 0 saturated heterocycles. The lowest BCUT2D eigenvalue weighted by Gasteiger charge is -2.44. The zero-order valence-corrected chi connectivity index (χ0v) is 14.2. The molecule has 3 atom stereocenters. The van der Waals surface area contributed by atoms with E-state index in [1.165, 1.54) is 0 Å². The number of rotatable bonds is 5. The van der Waals surface area contributed by atoms with Crippen molar-refractivity contribution in [3.63, 3.8) is 0 Å². The van der Waals surface area contributed by atoms with Crippen LogP contribution >= 0.6 is 0 Å². The van der Waals surface area contributed by atoms with E-state index < -0.39 is 5.54 Å². The molecule has 0 amide bonds. The SMILES string of the molecule is Cn1ccc(C2=CN=C(N)CC2(N)C2CCCC(NCCF)C2)n1. The summed E-state index contributed by atoms with van der Waals surface area (Å²) in [6.07, 6.45) is 8.34.